The fourth-order valence-corrected chi connectivity index (χ4v) is 1.25. The Labute approximate surface area is 86.5 Å². The first-order chi connectivity index (χ1) is 6.61. The molecule has 14 heavy (non-hydrogen) atoms. The molecule has 0 aliphatic carbocycles. The second kappa shape index (κ2) is 7.80. The van der Waals surface area contributed by atoms with Gasteiger partial charge in [0.05, 0.1) is 6.61 Å². The van der Waals surface area contributed by atoms with Gasteiger partial charge in [-0.25, -0.2) is 4.79 Å². The number of carboxylic acid groups (broad SMARTS) is 1. The topological polar surface area (TPSA) is 46.5 Å². The van der Waals surface area contributed by atoms with Gasteiger partial charge in [-0.2, -0.15) is 0 Å². The van der Waals surface area contributed by atoms with Gasteiger partial charge in [0, 0.05) is 0 Å². The Balaban J connectivity index is 3.66. The summed E-state index contributed by atoms with van der Waals surface area (Å²) in [7, 11) is 0. The molecule has 3 heteroatoms. The molecule has 0 bridgehead atoms. The molecule has 0 fully saturated rings. The normalized spacial score (nSPS) is 15.1. The van der Waals surface area contributed by atoms with Gasteiger partial charge in [-0.3, -0.25) is 0 Å². The molecule has 0 heterocycles. The maximum absolute atomic E-state index is 10.5. The summed E-state index contributed by atoms with van der Waals surface area (Å²) in [5.74, 6) is -0.368. The lowest BCUT2D eigenvalue weighted by Gasteiger charge is -2.16. The third kappa shape index (κ3) is 5.97. The summed E-state index contributed by atoms with van der Waals surface area (Å²) in [6, 6.07) is 0. The van der Waals surface area contributed by atoms with Crippen molar-refractivity contribution in [3.63, 3.8) is 0 Å². The molecule has 0 aromatic carbocycles. The number of rotatable bonds is 8. The van der Waals surface area contributed by atoms with Crippen LogP contribution in [-0.2, 0) is 9.53 Å². The summed E-state index contributed by atoms with van der Waals surface area (Å²) >= 11 is 0. The van der Waals surface area contributed by atoms with Crippen molar-refractivity contribution in [3.8, 4) is 0 Å². The van der Waals surface area contributed by atoms with Crippen molar-refractivity contribution in [3.05, 3.63) is 0 Å². The van der Waals surface area contributed by atoms with Crippen LogP contribution in [0.4, 0.5) is 0 Å². The number of ether oxygens (including phenoxy) is 1. The zero-order valence-corrected chi connectivity index (χ0v) is 9.45. The van der Waals surface area contributed by atoms with E-state index in [4.69, 9.17) is 9.84 Å². The molecule has 3 nitrogen and oxygen atoms in total. The molecule has 0 aromatic rings. The number of carboxylic acids is 1. The minimum Gasteiger partial charge on any atom is -0.479 e. The quantitative estimate of drug-likeness (QED) is 0.658. The van der Waals surface area contributed by atoms with Gasteiger partial charge in [0.2, 0.25) is 0 Å². The Morgan fingerprint density at radius 2 is 2.07 bits per heavy atom. The molecule has 0 saturated carbocycles. The molecule has 0 aliphatic rings. The van der Waals surface area contributed by atoms with Gasteiger partial charge >= 0.3 is 5.97 Å². The van der Waals surface area contributed by atoms with Crippen molar-refractivity contribution in [1.29, 1.82) is 0 Å². The summed E-state index contributed by atoms with van der Waals surface area (Å²) in [5, 5.41) is 8.62. The SMILES string of the molecule is CCCCC(CC)CO[C@@H](C)C(=O)O. The molecule has 0 saturated heterocycles. The average molecular weight is 202 g/mol. The van der Waals surface area contributed by atoms with E-state index in [0.717, 1.165) is 12.8 Å². The lowest BCUT2D eigenvalue weighted by molar-refractivity contribution is -0.150. The Bertz CT molecular complexity index is 157. The lowest BCUT2D eigenvalue weighted by Crippen LogP contribution is -2.23. The zero-order chi connectivity index (χ0) is 11.0. The van der Waals surface area contributed by atoms with Crippen LogP contribution in [0.1, 0.15) is 46.5 Å². The monoisotopic (exact) mass is 202 g/mol. The molecular weight excluding hydrogens is 180 g/mol. The van der Waals surface area contributed by atoms with Crippen molar-refractivity contribution in [2.75, 3.05) is 6.61 Å². The van der Waals surface area contributed by atoms with Crippen molar-refractivity contribution in [1.82, 2.24) is 0 Å². The Morgan fingerprint density at radius 1 is 1.43 bits per heavy atom. The van der Waals surface area contributed by atoms with E-state index >= 15 is 0 Å². The first-order valence-corrected chi connectivity index (χ1v) is 5.46. The molecule has 0 radical (unpaired) electrons. The van der Waals surface area contributed by atoms with Crippen molar-refractivity contribution < 1.29 is 14.6 Å². The number of hydrogen-bond acceptors (Lipinski definition) is 2. The van der Waals surface area contributed by atoms with Crippen LogP contribution < -0.4 is 0 Å². The smallest absolute Gasteiger partial charge is 0.332 e. The molecular formula is C11H22O3. The summed E-state index contributed by atoms with van der Waals surface area (Å²) in [4.78, 5) is 10.5. The molecule has 1 unspecified atom stereocenters. The highest BCUT2D eigenvalue weighted by atomic mass is 16.5. The molecule has 84 valence electrons. The standard InChI is InChI=1S/C11H22O3/c1-4-6-7-10(5-2)8-14-9(3)11(12)13/h9-10H,4-8H2,1-3H3,(H,12,13)/t9-,10?/m0/s1. The lowest BCUT2D eigenvalue weighted by atomic mass is 10.0. The number of carbonyl (C=O) groups is 1. The summed E-state index contributed by atoms with van der Waals surface area (Å²) in [5.41, 5.74) is 0. The molecule has 0 aromatic heterocycles. The third-order valence-corrected chi connectivity index (χ3v) is 2.47. The molecule has 0 aliphatic heterocycles. The largest absolute Gasteiger partial charge is 0.479 e. The number of unbranched alkanes of at least 4 members (excludes halogenated alkanes) is 1. The van der Waals surface area contributed by atoms with Crippen molar-refractivity contribution in [2.24, 2.45) is 5.92 Å². The Hall–Kier alpha value is -0.570. The van der Waals surface area contributed by atoms with Gasteiger partial charge < -0.3 is 9.84 Å². The van der Waals surface area contributed by atoms with Crippen molar-refractivity contribution >= 4 is 5.97 Å². The van der Waals surface area contributed by atoms with E-state index in [2.05, 4.69) is 13.8 Å². The molecule has 0 rings (SSSR count). The van der Waals surface area contributed by atoms with Gasteiger partial charge in [-0.05, 0) is 19.3 Å². The maximum atomic E-state index is 10.5. The van der Waals surface area contributed by atoms with Crippen LogP contribution in [0.3, 0.4) is 0 Å². The van der Waals surface area contributed by atoms with E-state index in [1.54, 1.807) is 6.92 Å². The van der Waals surface area contributed by atoms with E-state index in [1.165, 1.54) is 12.8 Å². The second-order valence-corrected chi connectivity index (χ2v) is 3.73. The highest BCUT2D eigenvalue weighted by Crippen LogP contribution is 2.13. The van der Waals surface area contributed by atoms with Gasteiger partial charge in [0.1, 0.15) is 0 Å². The minimum atomic E-state index is -0.879. The van der Waals surface area contributed by atoms with E-state index in [9.17, 15) is 4.79 Å². The predicted molar refractivity (Wildman–Crippen MR) is 56.4 cm³/mol. The van der Waals surface area contributed by atoms with Gasteiger partial charge in [0.25, 0.3) is 0 Å². The Kier molecular flexibility index (Phi) is 7.48. The third-order valence-electron chi connectivity index (χ3n) is 2.47. The van der Waals surface area contributed by atoms with Crippen LogP contribution in [0.5, 0.6) is 0 Å². The maximum Gasteiger partial charge on any atom is 0.332 e. The first kappa shape index (κ1) is 13.4. The van der Waals surface area contributed by atoms with E-state index in [-0.39, 0.29) is 0 Å². The van der Waals surface area contributed by atoms with Crippen LogP contribution in [0, 0.1) is 5.92 Å². The second-order valence-electron chi connectivity index (χ2n) is 3.73. The van der Waals surface area contributed by atoms with E-state index < -0.39 is 12.1 Å². The Morgan fingerprint density at radius 3 is 2.50 bits per heavy atom. The fraction of sp³-hybridized carbons (Fsp3) is 0.909. The van der Waals surface area contributed by atoms with Crippen molar-refractivity contribution in [2.45, 2.75) is 52.6 Å². The van der Waals surface area contributed by atoms with Crippen LogP contribution >= 0.6 is 0 Å². The number of aliphatic carboxylic acids is 1. The fourth-order valence-electron chi connectivity index (χ4n) is 1.25. The summed E-state index contributed by atoms with van der Waals surface area (Å²) in [6.07, 6.45) is 3.91. The molecule has 1 N–H and O–H groups in total. The molecule has 2 atom stereocenters. The van der Waals surface area contributed by atoms with Crippen LogP contribution in [0.25, 0.3) is 0 Å². The molecule has 0 amide bonds. The summed E-state index contributed by atoms with van der Waals surface area (Å²) < 4.78 is 5.25. The van der Waals surface area contributed by atoms with E-state index in [0.29, 0.717) is 12.5 Å². The zero-order valence-electron chi connectivity index (χ0n) is 9.45. The van der Waals surface area contributed by atoms with Crippen LogP contribution in [0.15, 0.2) is 0 Å². The van der Waals surface area contributed by atoms with Crippen LogP contribution in [0.2, 0.25) is 0 Å². The average Bonchev–Trinajstić information content (AvgIpc) is 2.17. The highest BCUT2D eigenvalue weighted by molar-refractivity contribution is 5.71. The van der Waals surface area contributed by atoms with E-state index in [1.807, 2.05) is 0 Å². The van der Waals surface area contributed by atoms with Gasteiger partial charge in [-0.1, -0.05) is 33.1 Å². The minimum absolute atomic E-state index is 0.511. The number of hydrogen-bond donors (Lipinski definition) is 1. The van der Waals surface area contributed by atoms with Crippen LogP contribution in [-0.4, -0.2) is 23.8 Å². The van der Waals surface area contributed by atoms with Gasteiger partial charge in [-0.15, -0.1) is 0 Å². The summed E-state index contributed by atoms with van der Waals surface area (Å²) in [6.45, 7) is 6.43. The predicted octanol–water partition coefficient (Wildman–Crippen LogP) is 2.69. The highest BCUT2D eigenvalue weighted by Gasteiger charge is 2.13. The van der Waals surface area contributed by atoms with Gasteiger partial charge in [0.15, 0.2) is 6.10 Å². The molecule has 0 spiro atoms. The first-order valence-electron chi connectivity index (χ1n) is 5.46.